The van der Waals surface area contributed by atoms with E-state index < -0.39 is 0 Å². The number of carbonyl (C=O) groups excluding carboxylic acids is 2. The highest BCUT2D eigenvalue weighted by molar-refractivity contribution is 5.86. The normalized spacial score (nSPS) is 8.87. The number of anilines is 1. The van der Waals surface area contributed by atoms with E-state index in [2.05, 4.69) is 18.2 Å². The number of fused-ring (bicyclic) bond motifs is 1. The van der Waals surface area contributed by atoms with Crippen molar-refractivity contribution in [3.8, 4) is 0 Å². The highest BCUT2D eigenvalue weighted by Crippen LogP contribution is 2.20. The van der Waals surface area contributed by atoms with Crippen molar-refractivity contribution in [2.45, 2.75) is 6.92 Å². The van der Waals surface area contributed by atoms with E-state index in [0.29, 0.717) is 0 Å². The molecule has 0 unspecified atom stereocenters. The Balaban J connectivity index is 0.000000337. The van der Waals surface area contributed by atoms with Gasteiger partial charge in [0.05, 0.1) is 0 Å². The summed E-state index contributed by atoms with van der Waals surface area (Å²) >= 11 is 0. The molecule has 0 fully saturated rings. The van der Waals surface area contributed by atoms with Gasteiger partial charge in [-0.2, -0.15) is 9.59 Å². The third-order valence-corrected chi connectivity index (χ3v) is 2.13. The Morgan fingerprint density at radius 2 is 1.53 bits per heavy atom. The van der Waals surface area contributed by atoms with E-state index in [1.54, 1.807) is 0 Å². The monoisotopic (exact) mass is 201 g/mol. The molecule has 2 aromatic rings. The third-order valence-electron chi connectivity index (χ3n) is 2.13. The Morgan fingerprint density at radius 1 is 1.07 bits per heavy atom. The van der Waals surface area contributed by atoms with Crippen molar-refractivity contribution in [3.63, 3.8) is 0 Å². The first kappa shape index (κ1) is 11.0. The van der Waals surface area contributed by atoms with Gasteiger partial charge in [-0.25, -0.2) is 0 Å². The van der Waals surface area contributed by atoms with Crippen molar-refractivity contribution in [2.24, 2.45) is 0 Å². The summed E-state index contributed by atoms with van der Waals surface area (Å²) in [5, 5.41) is 2.46. The molecule has 0 saturated heterocycles. The van der Waals surface area contributed by atoms with Crippen LogP contribution in [0.3, 0.4) is 0 Å². The van der Waals surface area contributed by atoms with Crippen LogP contribution < -0.4 is 5.73 Å². The first-order valence-corrected chi connectivity index (χ1v) is 4.43. The molecule has 0 heterocycles. The number of benzene rings is 2. The molecule has 0 spiro atoms. The second kappa shape index (κ2) is 4.94. The lowest BCUT2D eigenvalue weighted by atomic mass is 10.1. The van der Waals surface area contributed by atoms with Crippen molar-refractivity contribution in [1.29, 1.82) is 0 Å². The molecule has 0 radical (unpaired) electrons. The van der Waals surface area contributed by atoms with Crippen LogP contribution in [0.15, 0.2) is 36.4 Å². The summed E-state index contributed by atoms with van der Waals surface area (Å²) < 4.78 is 0. The van der Waals surface area contributed by atoms with Crippen LogP contribution in [0.5, 0.6) is 0 Å². The SMILES string of the molecule is Cc1cc2ccccc2cc1N.O=C=O. The number of hydrogen-bond donors (Lipinski definition) is 1. The van der Waals surface area contributed by atoms with Crippen molar-refractivity contribution in [2.75, 3.05) is 5.73 Å². The molecule has 2 N–H and O–H groups in total. The van der Waals surface area contributed by atoms with Gasteiger partial charge >= 0.3 is 6.15 Å². The van der Waals surface area contributed by atoms with Gasteiger partial charge in [0, 0.05) is 5.69 Å². The summed E-state index contributed by atoms with van der Waals surface area (Å²) in [4.78, 5) is 16.2. The Hall–Kier alpha value is -2.12. The molecule has 3 heteroatoms. The van der Waals surface area contributed by atoms with Gasteiger partial charge in [0.1, 0.15) is 0 Å². The minimum absolute atomic E-state index is 0.250. The zero-order valence-corrected chi connectivity index (χ0v) is 8.36. The zero-order valence-electron chi connectivity index (χ0n) is 8.36. The standard InChI is InChI=1S/C11H11N.CO2/c1-8-6-9-4-2-3-5-10(9)7-11(8)12;2-1-3/h2-7H,12H2,1H3;. The van der Waals surface area contributed by atoms with Crippen LogP contribution in [-0.4, -0.2) is 6.15 Å². The van der Waals surface area contributed by atoms with E-state index >= 15 is 0 Å². The third kappa shape index (κ3) is 2.66. The second-order valence-electron chi connectivity index (χ2n) is 3.14. The Bertz CT molecular complexity index is 459. The molecular formula is C12H11NO2. The molecule has 0 aliphatic heterocycles. The fraction of sp³-hybridized carbons (Fsp3) is 0.0833. The van der Waals surface area contributed by atoms with Crippen LogP contribution in [0.25, 0.3) is 10.8 Å². The Morgan fingerprint density at radius 3 is 2.07 bits per heavy atom. The smallest absolute Gasteiger partial charge is 0.373 e. The maximum atomic E-state index is 8.12. The fourth-order valence-corrected chi connectivity index (χ4v) is 1.37. The highest BCUT2D eigenvalue weighted by Gasteiger charge is 1.95. The van der Waals surface area contributed by atoms with Gasteiger partial charge in [-0.05, 0) is 35.4 Å². The molecule has 2 aromatic carbocycles. The van der Waals surface area contributed by atoms with Gasteiger partial charge in [-0.15, -0.1) is 0 Å². The maximum absolute atomic E-state index is 8.12. The van der Waals surface area contributed by atoms with Crippen molar-refractivity contribution in [1.82, 2.24) is 0 Å². The van der Waals surface area contributed by atoms with E-state index in [4.69, 9.17) is 15.3 Å². The quantitative estimate of drug-likeness (QED) is 0.664. The highest BCUT2D eigenvalue weighted by atomic mass is 16.2. The second-order valence-corrected chi connectivity index (χ2v) is 3.14. The molecule has 0 aliphatic carbocycles. The molecule has 0 aromatic heterocycles. The van der Waals surface area contributed by atoms with Gasteiger partial charge in [0.2, 0.25) is 0 Å². The lowest BCUT2D eigenvalue weighted by Gasteiger charge is -2.02. The molecule has 15 heavy (non-hydrogen) atoms. The topological polar surface area (TPSA) is 60.2 Å². The fourth-order valence-electron chi connectivity index (χ4n) is 1.37. The molecular weight excluding hydrogens is 190 g/mol. The minimum atomic E-state index is 0.250. The first-order valence-electron chi connectivity index (χ1n) is 4.43. The molecule has 0 saturated carbocycles. The molecule has 3 nitrogen and oxygen atoms in total. The summed E-state index contributed by atoms with van der Waals surface area (Å²) in [6.45, 7) is 2.03. The largest absolute Gasteiger partial charge is 0.398 e. The van der Waals surface area contributed by atoms with Crippen LogP contribution in [-0.2, 0) is 9.59 Å². The summed E-state index contributed by atoms with van der Waals surface area (Å²) in [6, 6.07) is 12.4. The van der Waals surface area contributed by atoms with Gasteiger partial charge in [-0.3, -0.25) is 0 Å². The van der Waals surface area contributed by atoms with E-state index in [1.165, 1.54) is 10.8 Å². The van der Waals surface area contributed by atoms with Crippen molar-refractivity contribution < 1.29 is 9.59 Å². The van der Waals surface area contributed by atoms with E-state index in [9.17, 15) is 0 Å². The Kier molecular flexibility index (Phi) is 3.61. The zero-order chi connectivity index (χ0) is 11.3. The van der Waals surface area contributed by atoms with Gasteiger partial charge < -0.3 is 5.73 Å². The molecule has 0 atom stereocenters. The van der Waals surface area contributed by atoms with E-state index in [-0.39, 0.29) is 6.15 Å². The maximum Gasteiger partial charge on any atom is 0.373 e. The molecule has 2 rings (SSSR count). The molecule has 0 aliphatic rings. The molecule has 0 amide bonds. The summed E-state index contributed by atoms with van der Waals surface area (Å²) in [5.74, 6) is 0. The van der Waals surface area contributed by atoms with Crippen LogP contribution in [0.2, 0.25) is 0 Å². The minimum Gasteiger partial charge on any atom is -0.398 e. The lowest BCUT2D eigenvalue weighted by Crippen LogP contribution is -1.88. The first-order chi connectivity index (χ1) is 7.19. The van der Waals surface area contributed by atoms with Crippen LogP contribution in [0.1, 0.15) is 5.56 Å². The van der Waals surface area contributed by atoms with Crippen LogP contribution in [0, 0.1) is 6.92 Å². The lowest BCUT2D eigenvalue weighted by molar-refractivity contribution is -0.191. The van der Waals surface area contributed by atoms with E-state index in [0.717, 1.165) is 11.3 Å². The van der Waals surface area contributed by atoms with Crippen LogP contribution >= 0.6 is 0 Å². The van der Waals surface area contributed by atoms with Crippen molar-refractivity contribution >= 4 is 22.6 Å². The Labute approximate surface area is 87.5 Å². The average Bonchev–Trinajstić information content (AvgIpc) is 2.21. The number of nitrogen functional groups attached to an aromatic ring is 1. The molecule has 0 bridgehead atoms. The summed E-state index contributed by atoms with van der Waals surface area (Å²) in [7, 11) is 0. The van der Waals surface area contributed by atoms with E-state index in [1.807, 2.05) is 25.1 Å². The van der Waals surface area contributed by atoms with Gasteiger partial charge in [0.15, 0.2) is 0 Å². The molecule has 76 valence electrons. The number of aryl methyl sites for hydroxylation is 1. The predicted octanol–water partition coefficient (Wildman–Crippen LogP) is 2.15. The average molecular weight is 201 g/mol. The summed E-state index contributed by atoms with van der Waals surface area (Å²) in [6.07, 6.45) is 0.250. The predicted molar refractivity (Wildman–Crippen MR) is 58.1 cm³/mol. The van der Waals surface area contributed by atoms with Gasteiger partial charge in [-0.1, -0.05) is 24.3 Å². The number of rotatable bonds is 0. The van der Waals surface area contributed by atoms with Crippen molar-refractivity contribution in [3.05, 3.63) is 42.0 Å². The number of hydrogen-bond acceptors (Lipinski definition) is 3. The van der Waals surface area contributed by atoms with Gasteiger partial charge in [0.25, 0.3) is 0 Å². The number of nitrogens with two attached hydrogens (primary N) is 1. The van der Waals surface area contributed by atoms with Crippen LogP contribution in [0.4, 0.5) is 5.69 Å². The summed E-state index contributed by atoms with van der Waals surface area (Å²) in [5.41, 5.74) is 7.80.